The fraction of sp³-hybridized carbons (Fsp3) is 0.500. The average molecular weight is 347 g/mol. The molecule has 1 aromatic heterocycles. The van der Waals surface area contributed by atoms with E-state index in [0.717, 1.165) is 0 Å². The molecule has 0 unspecified atom stereocenters. The monoisotopic (exact) mass is 347 g/mol. The maximum absolute atomic E-state index is 12.2. The Balaban J connectivity index is 1.97. The van der Waals surface area contributed by atoms with Crippen LogP contribution < -0.4 is 10.1 Å². The molecule has 2 N–H and O–H groups in total. The number of aryl methyl sites for hydroxylation is 1. The van der Waals surface area contributed by atoms with Gasteiger partial charge >= 0.3 is 0 Å². The summed E-state index contributed by atoms with van der Waals surface area (Å²) < 4.78 is 10.8. The van der Waals surface area contributed by atoms with Gasteiger partial charge in [0.2, 0.25) is 11.8 Å². The van der Waals surface area contributed by atoms with Gasteiger partial charge in [-0.15, -0.1) is 0 Å². The van der Waals surface area contributed by atoms with Crippen LogP contribution in [0.5, 0.6) is 11.5 Å². The molecule has 25 heavy (non-hydrogen) atoms. The number of amides is 1. The molecule has 0 saturated carbocycles. The van der Waals surface area contributed by atoms with Crippen molar-refractivity contribution in [3.05, 3.63) is 29.9 Å². The van der Waals surface area contributed by atoms with Gasteiger partial charge in [-0.3, -0.25) is 4.79 Å². The molecule has 0 atom stereocenters. The van der Waals surface area contributed by atoms with E-state index in [0.29, 0.717) is 29.6 Å². The Morgan fingerprint density at radius 3 is 2.68 bits per heavy atom. The highest BCUT2D eigenvalue weighted by Gasteiger charge is 2.21. The van der Waals surface area contributed by atoms with Gasteiger partial charge in [-0.05, 0) is 26.0 Å². The summed E-state index contributed by atoms with van der Waals surface area (Å²) in [6, 6.07) is 4.58. The van der Waals surface area contributed by atoms with Gasteiger partial charge in [0.15, 0.2) is 5.82 Å². The van der Waals surface area contributed by atoms with Crippen molar-refractivity contribution in [2.75, 3.05) is 5.32 Å². The van der Waals surface area contributed by atoms with Gasteiger partial charge in [0.1, 0.15) is 11.5 Å². The van der Waals surface area contributed by atoms with E-state index in [4.69, 9.17) is 9.26 Å². The Morgan fingerprint density at radius 2 is 2.08 bits per heavy atom. The molecule has 2 aromatic rings. The summed E-state index contributed by atoms with van der Waals surface area (Å²) >= 11 is 0. The molecule has 0 bridgehead atoms. The van der Waals surface area contributed by atoms with Gasteiger partial charge in [0, 0.05) is 24.3 Å². The molecule has 136 valence electrons. The van der Waals surface area contributed by atoms with Gasteiger partial charge in [-0.1, -0.05) is 25.9 Å². The predicted molar refractivity (Wildman–Crippen MR) is 93.8 cm³/mol. The summed E-state index contributed by atoms with van der Waals surface area (Å²) in [5, 5.41) is 16.3. The van der Waals surface area contributed by atoms with E-state index in [1.165, 1.54) is 12.1 Å². The number of benzene rings is 1. The topological polar surface area (TPSA) is 97.5 Å². The van der Waals surface area contributed by atoms with Crippen LogP contribution in [0.1, 0.15) is 52.8 Å². The molecule has 0 aliphatic rings. The van der Waals surface area contributed by atoms with Gasteiger partial charge in [-0.2, -0.15) is 4.98 Å². The Bertz CT molecular complexity index is 732. The molecule has 1 aromatic carbocycles. The van der Waals surface area contributed by atoms with Crippen molar-refractivity contribution in [3.63, 3.8) is 0 Å². The summed E-state index contributed by atoms with van der Waals surface area (Å²) in [6.45, 7) is 9.73. The van der Waals surface area contributed by atoms with Crippen LogP contribution in [0.15, 0.2) is 22.7 Å². The first-order valence-corrected chi connectivity index (χ1v) is 8.27. The summed E-state index contributed by atoms with van der Waals surface area (Å²) in [7, 11) is 0. The smallest absolute Gasteiger partial charge is 0.227 e. The summed E-state index contributed by atoms with van der Waals surface area (Å²) in [5.41, 5.74) is 0.316. The number of hydrogen-bond donors (Lipinski definition) is 2. The lowest BCUT2D eigenvalue weighted by Crippen LogP contribution is -2.15. The molecule has 0 aliphatic carbocycles. The van der Waals surface area contributed by atoms with E-state index < -0.39 is 0 Å². The fourth-order valence-corrected chi connectivity index (χ4v) is 2.06. The molecule has 7 nitrogen and oxygen atoms in total. The first-order chi connectivity index (χ1) is 11.6. The number of aromatic hydroxyl groups is 1. The molecule has 7 heteroatoms. The van der Waals surface area contributed by atoms with Crippen molar-refractivity contribution in [2.45, 2.75) is 59.0 Å². The zero-order valence-electron chi connectivity index (χ0n) is 15.3. The fourth-order valence-electron chi connectivity index (χ4n) is 2.06. The lowest BCUT2D eigenvalue weighted by molar-refractivity contribution is -0.116. The zero-order valence-corrected chi connectivity index (χ0v) is 15.3. The molecule has 1 amide bonds. The highest BCUT2D eigenvalue weighted by molar-refractivity contribution is 5.92. The summed E-state index contributed by atoms with van der Waals surface area (Å²) in [6.07, 6.45) is 0.480. The second-order valence-electron chi connectivity index (χ2n) is 7.16. The molecule has 0 fully saturated rings. The number of nitrogens with zero attached hydrogens (tertiary/aromatic N) is 2. The van der Waals surface area contributed by atoms with E-state index in [1.807, 2.05) is 34.6 Å². The molecule has 0 spiro atoms. The van der Waals surface area contributed by atoms with E-state index in [2.05, 4.69) is 15.5 Å². The second kappa shape index (κ2) is 7.55. The highest BCUT2D eigenvalue weighted by Crippen LogP contribution is 2.30. The maximum atomic E-state index is 12.2. The molecule has 0 saturated heterocycles. The minimum atomic E-state index is -0.199. The average Bonchev–Trinajstić information content (AvgIpc) is 2.96. The molecular weight excluding hydrogens is 322 g/mol. The number of phenols is 1. The lowest BCUT2D eigenvalue weighted by atomic mass is 9.96. The van der Waals surface area contributed by atoms with Crippen molar-refractivity contribution in [1.29, 1.82) is 0 Å². The third-order valence-corrected chi connectivity index (χ3v) is 3.31. The highest BCUT2D eigenvalue weighted by atomic mass is 16.5. The molecular formula is C18H25N3O4. The van der Waals surface area contributed by atoms with Crippen molar-refractivity contribution < 1.29 is 19.2 Å². The molecule has 2 rings (SSSR count). The normalized spacial score (nSPS) is 11.6. The number of nitrogens with one attached hydrogen (secondary N) is 1. The van der Waals surface area contributed by atoms with Crippen molar-refractivity contribution >= 4 is 11.6 Å². The number of carbonyl (C=O) groups excluding carboxylic acids is 1. The number of carbonyl (C=O) groups is 1. The van der Waals surface area contributed by atoms with Crippen molar-refractivity contribution in [3.8, 4) is 11.5 Å². The first-order valence-electron chi connectivity index (χ1n) is 8.27. The Hall–Kier alpha value is -2.57. The third-order valence-electron chi connectivity index (χ3n) is 3.31. The molecule has 0 aliphatic heterocycles. The minimum absolute atomic E-state index is 0.0772. The standard InChI is InChI=1S/C18H25N3O4/c1-11(2)24-14-10-12(22)6-7-13(14)19-15(23)8-9-16-20-17(21-25-16)18(3,4)5/h6-7,10-11,22H,8-9H2,1-5H3,(H,19,23). The number of phenolic OH excluding ortho intramolecular Hbond substituents is 1. The van der Waals surface area contributed by atoms with Crippen LogP contribution in [0.3, 0.4) is 0 Å². The Morgan fingerprint density at radius 1 is 1.36 bits per heavy atom. The van der Waals surface area contributed by atoms with E-state index in [-0.39, 0.29) is 29.6 Å². The van der Waals surface area contributed by atoms with E-state index in [1.54, 1.807) is 6.07 Å². The summed E-state index contributed by atoms with van der Waals surface area (Å²) in [4.78, 5) is 16.5. The van der Waals surface area contributed by atoms with Gasteiger partial charge in [0.05, 0.1) is 11.8 Å². The van der Waals surface area contributed by atoms with Crippen LogP contribution in [0.4, 0.5) is 5.69 Å². The van der Waals surface area contributed by atoms with E-state index in [9.17, 15) is 9.90 Å². The SMILES string of the molecule is CC(C)Oc1cc(O)ccc1NC(=O)CCc1nc(C(C)(C)C)no1. The van der Waals surface area contributed by atoms with Gasteiger partial charge < -0.3 is 19.7 Å². The summed E-state index contributed by atoms with van der Waals surface area (Å²) in [5.74, 6) is 1.36. The van der Waals surface area contributed by atoms with Crippen LogP contribution in [0.25, 0.3) is 0 Å². The van der Waals surface area contributed by atoms with Crippen LogP contribution in [-0.4, -0.2) is 27.3 Å². The number of rotatable bonds is 6. The molecule has 1 heterocycles. The number of hydrogen-bond acceptors (Lipinski definition) is 6. The lowest BCUT2D eigenvalue weighted by Gasteiger charge is -2.15. The third kappa shape index (κ3) is 5.48. The molecule has 0 radical (unpaired) electrons. The Kier molecular flexibility index (Phi) is 5.66. The number of aromatic nitrogens is 2. The number of anilines is 1. The largest absolute Gasteiger partial charge is 0.508 e. The van der Waals surface area contributed by atoms with Crippen LogP contribution >= 0.6 is 0 Å². The van der Waals surface area contributed by atoms with Crippen LogP contribution in [0, 0.1) is 0 Å². The van der Waals surface area contributed by atoms with Crippen LogP contribution in [-0.2, 0) is 16.6 Å². The predicted octanol–water partition coefficient (Wildman–Crippen LogP) is 3.43. The zero-order chi connectivity index (χ0) is 18.6. The second-order valence-corrected chi connectivity index (χ2v) is 7.16. The maximum Gasteiger partial charge on any atom is 0.227 e. The van der Waals surface area contributed by atoms with Crippen molar-refractivity contribution in [2.24, 2.45) is 0 Å². The first kappa shape index (κ1) is 18.8. The Labute approximate surface area is 147 Å². The van der Waals surface area contributed by atoms with E-state index >= 15 is 0 Å². The number of ether oxygens (including phenoxy) is 1. The van der Waals surface area contributed by atoms with Gasteiger partial charge in [0.25, 0.3) is 0 Å². The quantitative estimate of drug-likeness (QED) is 0.777. The van der Waals surface area contributed by atoms with Gasteiger partial charge in [-0.25, -0.2) is 0 Å². The minimum Gasteiger partial charge on any atom is -0.508 e. The van der Waals surface area contributed by atoms with Crippen LogP contribution in [0.2, 0.25) is 0 Å². The van der Waals surface area contributed by atoms with Crippen molar-refractivity contribution in [1.82, 2.24) is 10.1 Å².